The molecule has 0 radical (unpaired) electrons. The third kappa shape index (κ3) is 3.02. The first-order valence-corrected chi connectivity index (χ1v) is 7.72. The second kappa shape index (κ2) is 6.13. The first-order valence-electron chi connectivity index (χ1n) is 7.72. The minimum atomic E-state index is 0.318. The fraction of sp³-hybridized carbons (Fsp3) is 0.714. The van der Waals surface area contributed by atoms with Crippen molar-refractivity contribution >= 4 is 0 Å². The Kier molecular flexibility index (Phi) is 4.21. The molecule has 2 N–H and O–H groups in total. The Balaban J connectivity index is 1.66. The second-order valence-corrected chi connectivity index (χ2v) is 6.05. The van der Waals surface area contributed by atoms with Crippen LogP contribution in [-0.4, -0.2) is 42.9 Å². The van der Waals surface area contributed by atoms with Crippen LogP contribution in [0.2, 0.25) is 0 Å². The van der Waals surface area contributed by atoms with Gasteiger partial charge in [0.1, 0.15) is 11.6 Å². The van der Waals surface area contributed by atoms with Gasteiger partial charge in [-0.1, -0.05) is 5.16 Å². The summed E-state index contributed by atoms with van der Waals surface area (Å²) in [4.78, 5) is 6.32. The molecule has 0 atom stereocenters. The van der Waals surface area contributed by atoms with Crippen LogP contribution in [0.25, 0.3) is 0 Å². The van der Waals surface area contributed by atoms with Crippen molar-refractivity contribution in [1.82, 2.24) is 29.8 Å². The normalized spacial score (nSPS) is 21.3. The van der Waals surface area contributed by atoms with E-state index in [1.54, 1.807) is 0 Å². The fourth-order valence-corrected chi connectivity index (χ4v) is 2.92. The third-order valence-electron chi connectivity index (χ3n) is 4.10. The minimum absolute atomic E-state index is 0.318. The van der Waals surface area contributed by atoms with Crippen molar-refractivity contribution in [3.05, 3.63) is 23.4 Å². The molecule has 0 saturated heterocycles. The van der Waals surface area contributed by atoms with Crippen LogP contribution >= 0.6 is 0 Å². The molecule has 0 spiro atoms. The molecule has 3 rings (SSSR count). The molecule has 1 aliphatic rings. The number of nitrogens with zero attached hydrogens (tertiary/aromatic N) is 6. The lowest BCUT2D eigenvalue weighted by Crippen LogP contribution is -2.36. The van der Waals surface area contributed by atoms with Gasteiger partial charge in [0, 0.05) is 18.5 Å². The van der Waals surface area contributed by atoms with Gasteiger partial charge in [0.05, 0.1) is 13.1 Å². The van der Waals surface area contributed by atoms with Gasteiger partial charge < -0.3 is 14.8 Å². The van der Waals surface area contributed by atoms with Gasteiger partial charge in [0.2, 0.25) is 5.89 Å². The highest BCUT2D eigenvalue weighted by Gasteiger charge is 2.32. The molecule has 2 aromatic heterocycles. The van der Waals surface area contributed by atoms with Gasteiger partial charge in [-0.3, -0.25) is 4.90 Å². The summed E-state index contributed by atoms with van der Waals surface area (Å²) in [6, 6.07) is 0.318. The molecule has 8 heteroatoms. The van der Waals surface area contributed by atoms with E-state index in [1.165, 1.54) is 0 Å². The van der Waals surface area contributed by atoms with E-state index in [4.69, 9.17) is 10.3 Å². The summed E-state index contributed by atoms with van der Waals surface area (Å²) in [7, 11) is 2.01. The average molecular weight is 305 g/mol. The van der Waals surface area contributed by atoms with Crippen molar-refractivity contribution in [3.63, 3.8) is 0 Å². The molecule has 0 amide bonds. The van der Waals surface area contributed by atoms with E-state index in [1.807, 2.05) is 14.0 Å². The summed E-state index contributed by atoms with van der Waals surface area (Å²) in [5, 5.41) is 12.6. The molecule has 8 nitrogen and oxygen atoms in total. The van der Waals surface area contributed by atoms with Crippen molar-refractivity contribution < 1.29 is 4.52 Å². The van der Waals surface area contributed by atoms with Crippen LogP contribution in [-0.2, 0) is 19.6 Å². The Hall–Kier alpha value is -1.80. The predicted octanol–water partition coefficient (Wildman–Crippen LogP) is 0.826. The molecule has 0 aromatic carbocycles. The zero-order chi connectivity index (χ0) is 15.7. The quantitative estimate of drug-likeness (QED) is 0.843. The van der Waals surface area contributed by atoms with Gasteiger partial charge in [-0.25, -0.2) is 0 Å². The highest BCUT2D eigenvalue weighted by Crippen LogP contribution is 2.34. The van der Waals surface area contributed by atoms with Crippen molar-refractivity contribution in [3.8, 4) is 0 Å². The Bertz CT molecular complexity index is 629. The third-order valence-corrected chi connectivity index (χ3v) is 4.10. The lowest BCUT2D eigenvalue weighted by Gasteiger charge is -2.31. The SMILES string of the molecule is CCn1c(CN(C)Cc2nc(C)no2)nnc1C1CC(N)C1. The van der Waals surface area contributed by atoms with Gasteiger partial charge in [-0.2, -0.15) is 4.98 Å². The summed E-state index contributed by atoms with van der Waals surface area (Å²) in [6.45, 7) is 6.10. The monoisotopic (exact) mass is 305 g/mol. The van der Waals surface area contributed by atoms with Gasteiger partial charge in [0.25, 0.3) is 0 Å². The van der Waals surface area contributed by atoms with Crippen molar-refractivity contribution in [2.45, 2.75) is 58.3 Å². The van der Waals surface area contributed by atoms with Crippen LogP contribution in [0, 0.1) is 6.92 Å². The van der Waals surface area contributed by atoms with Gasteiger partial charge >= 0.3 is 0 Å². The number of aryl methyl sites for hydroxylation is 1. The van der Waals surface area contributed by atoms with Gasteiger partial charge in [-0.15, -0.1) is 10.2 Å². The summed E-state index contributed by atoms with van der Waals surface area (Å²) in [5.74, 6) is 3.77. The molecule has 120 valence electrons. The Labute approximate surface area is 129 Å². The number of aromatic nitrogens is 5. The molecular weight excluding hydrogens is 282 g/mol. The molecule has 1 fully saturated rings. The van der Waals surface area contributed by atoms with Crippen LogP contribution in [0.4, 0.5) is 0 Å². The minimum Gasteiger partial charge on any atom is -0.338 e. The standard InChI is InChI=1S/C14H23N7O/c1-4-21-12(17-18-14(21)10-5-11(15)6-10)7-20(3)8-13-16-9(2)19-22-13/h10-11H,4-8,15H2,1-3H3. The first kappa shape index (κ1) is 15.1. The Morgan fingerprint density at radius 3 is 2.68 bits per heavy atom. The van der Waals surface area contributed by atoms with Crippen molar-refractivity contribution in [2.75, 3.05) is 7.05 Å². The van der Waals surface area contributed by atoms with Crippen LogP contribution in [0.1, 0.15) is 49.0 Å². The predicted molar refractivity (Wildman–Crippen MR) is 79.9 cm³/mol. The highest BCUT2D eigenvalue weighted by atomic mass is 16.5. The number of rotatable bonds is 6. The Morgan fingerprint density at radius 1 is 1.32 bits per heavy atom. The van der Waals surface area contributed by atoms with E-state index >= 15 is 0 Å². The summed E-state index contributed by atoms with van der Waals surface area (Å²) >= 11 is 0. The first-order chi connectivity index (χ1) is 10.6. The second-order valence-electron chi connectivity index (χ2n) is 6.05. The van der Waals surface area contributed by atoms with Crippen LogP contribution < -0.4 is 5.73 Å². The topological polar surface area (TPSA) is 98.9 Å². The zero-order valence-electron chi connectivity index (χ0n) is 13.4. The maximum absolute atomic E-state index is 5.88. The molecule has 0 bridgehead atoms. The zero-order valence-corrected chi connectivity index (χ0v) is 13.4. The maximum Gasteiger partial charge on any atom is 0.240 e. The molecular formula is C14H23N7O. The van der Waals surface area contributed by atoms with Crippen molar-refractivity contribution in [1.29, 1.82) is 0 Å². The molecule has 1 saturated carbocycles. The van der Waals surface area contributed by atoms with Crippen LogP contribution in [0.5, 0.6) is 0 Å². The van der Waals surface area contributed by atoms with Crippen molar-refractivity contribution in [2.24, 2.45) is 5.73 Å². The summed E-state index contributed by atoms with van der Waals surface area (Å²) < 4.78 is 7.35. The van der Waals surface area contributed by atoms with Crippen LogP contribution in [0.3, 0.4) is 0 Å². The van der Waals surface area contributed by atoms with Gasteiger partial charge in [-0.05, 0) is 33.7 Å². The lowest BCUT2D eigenvalue weighted by atomic mass is 9.80. The number of hydrogen-bond acceptors (Lipinski definition) is 7. The molecule has 1 aliphatic carbocycles. The van der Waals surface area contributed by atoms with E-state index in [-0.39, 0.29) is 0 Å². The average Bonchev–Trinajstić information content (AvgIpc) is 3.01. The van der Waals surface area contributed by atoms with E-state index in [0.717, 1.165) is 31.0 Å². The summed E-state index contributed by atoms with van der Waals surface area (Å²) in [6.07, 6.45) is 2.02. The van der Waals surface area contributed by atoms with Crippen LogP contribution in [0.15, 0.2) is 4.52 Å². The molecule has 0 aliphatic heterocycles. The smallest absolute Gasteiger partial charge is 0.240 e. The molecule has 2 heterocycles. The van der Waals surface area contributed by atoms with E-state index in [2.05, 4.69) is 36.7 Å². The highest BCUT2D eigenvalue weighted by molar-refractivity contribution is 5.08. The summed E-state index contributed by atoms with van der Waals surface area (Å²) in [5.41, 5.74) is 5.88. The molecule has 0 unspecified atom stereocenters. The van der Waals surface area contributed by atoms with E-state index in [9.17, 15) is 0 Å². The fourth-order valence-electron chi connectivity index (χ4n) is 2.92. The maximum atomic E-state index is 5.88. The molecule has 2 aromatic rings. The van der Waals surface area contributed by atoms with Gasteiger partial charge in [0.15, 0.2) is 5.82 Å². The van der Waals surface area contributed by atoms with E-state index < -0.39 is 0 Å². The largest absolute Gasteiger partial charge is 0.338 e. The number of nitrogens with two attached hydrogens (primary N) is 1. The lowest BCUT2D eigenvalue weighted by molar-refractivity contribution is 0.252. The number of hydrogen-bond donors (Lipinski definition) is 1. The van der Waals surface area contributed by atoms with E-state index in [0.29, 0.717) is 36.8 Å². The molecule has 22 heavy (non-hydrogen) atoms. The Morgan fingerprint density at radius 2 is 2.09 bits per heavy atom.